The van der Waals surface area contributed by atoms with Crippen molar-refractivity contribution in [1.29, 1.82) is 0 Å². The molecular weight excluding hydrogens is 425 g/mol. The van der Waals surface area contributed by atoms with Crippen molar-refractivity contribution in [2.24, 2.45) is 0 Å². The van der Waals surface area contributed by atoms with Gasteiger partial charge in [0.2, 0.25) is 5.91 Å². The Balaban J connectivity index is 1.67. The first-order valence-corrected chi connectivity index (χ1v) is 8.91. The van der Waals surface area contributed by atoms with Gasteiger partial charge in [-0.05, 0) is 51.8 Å². The standard InChI is InChI=1S/C19H16BrF3N2O2/c1-11(26)24-17-15-10-14(6-7-16(15)25-18(17)20)27-9-8-12-2-4-13(5-3-12)19(21,22)23/h2-7,10,25H,8-9H2,1H3,(H,24,26). The first-order chi connectivity index (χ1) is 12.7. The third-order valence-corrected chi connectivity index (χ3v) is 4.56. The zero-order valence-electron chi connectivity index (χ0n) is 14.3. The minimum absolute atomic E-state index is 0.190. The summed E-state index contributed by atoms with van der Waals surface area (Å²) < 4.78 is 44.1. The van der Waals surface area contributed by atoms with Gasteiger partial charge in [0.25, 0.3) is 0 Å². The van der Waals surface area contributed by atoms with Crippen LogP contribution < -0.4 is 10.1 Å². The van der Waals surface area contributed by atoms with Gasteiger partial charge >= 0.3 is 6.18 Å². The fourth-order valence-corrected chi connectivity index (χ4v) is 3.20. The highest BCUT2D eigenvalue weighted by Gasteiger charge is 2.29. The molecule has 3 rings (SSSR count). The third kappa shape index (κ3) is 4.63. The molecule has 27 heavy (non-hydrogen) atoms. The number of halogens is 4. The van der Waals surface area contributed by atoms with Gasteiger partial charge in [0.1, 0.15) is 10.4 Å². The summed E-state index contributed by atoms with van der Waals surface area (Å²) in [6.45, 7) is 1.74. The Morgan fingerprint density at radius 2 is 1.89 bits per heavy atom. The summed E-state index contributed by atoms with van der Waals surface area (Å²) in [4.78, 5) is 14.5. The molecule has 0 aliphatic carbocycles. The van der Waals surface area contributed by atoms with Gasteiger partial charge < -0.3 is 15.0 Å². The summed E-state index contributed by atoms with van der Waals surface area (Å²) in [6.07, 6.45) is -3.85. The van der Waals surface area contributed by atoms with Crippen molar-refractivity contribution in [3.63, 3.8) is 0 Å². The predicted octanol–water partition coefficient (Wildman–Crippen LogP) is 5.53. The molecule has 1 aromatic heterocycles. The van der Waals surface area contributed by atoms with E-state index in [0.29, 0.717) is 29.1 Å². The summed E-state index contributed by atoms with van der Waals surface area (Å²) in [6, 6.07) is 10.5. The zero-order chi connectivity index (χ0) is 19.6. The number of carbonyl (C=O) groups is 1. The number of ether oxygens (including phenoxy) is 1. The molecule has 4 nitrogen and oxygen atoms in total. The number of fused-ring (bicyclic) bond motifs is 1. The monoisotopic (exact) mass is 440 g/mol. The topological polar surface area (TPSA) is 54.1 Å². The van der Waals surface area contributed by atoms with E-state index >= 15 is 0 Å². The minimum Gasteiger partial charge on any atom is -0.493 e. The molecule has 0 fully saturated rings. The van der Waals surface area contributed by atoms with Crippen LogP contribution in [-0.2, 0) is 17.4 Å². The van der Waals surface area contributed by atoms with Crippen molar-refractivity contribution < 1.29 is 22.7 Å². The first kappa shape index (κ1) is 19.3. The van der Waals surface area contributed by atoms with Crippen molar-refractivity contribution in [1.82, 2.24) is 4.98 Å². The maximum absolute atomic E-state index is 12.6. The van der Waals surface area contributed by atoms with Gasteiger partial charge in [-0.3, -0.25) is 4.79 Å². The van der Waals surface area contributed by atoms with Crippen LogP contribution in [0.4, 0.5) is 18.9 Å². The Morgan fingerprint density at radius 3 is 2.52 bits per heavy atom. The second kappa shape index (κ2) is 7.64. The van der Waals surface area contributed by atoms with E-state index in [-0.39, 0.29) is 5.91 Å². The Bertz CT molecular complexity index is 965. The number of aromatic nitrogens is 1. The molecule has 0 saturated carbocycles. The molecule has 0 unspecified atom stereocenters. The second-order valence-electron chi connectivity index (χ2n) is 6.00. The molecule has 0 aliphatic rings. The van der Waals surface area contributed by atoms with E-state index in [1.807, 2.05) is 6.07 Å². The van der Waals surface area contributed by atoms with Crippen LogP contribution in [0.5, 0.6) is 5.75 Å². The third-order valence-electron chi connectivity index (χ3n) is 3.97. The summed E-state index contributed by atoms with van der Waals surface area (Å²) in [5, 5.41) is 3.55. The number of anilines is 1. The van der Waals surface area contributed by atoms with Crippen LogP contribution in [0.2, 0.25) is 0 Å². The molecule has 1 heterocycles. The maximum Gasteiger partial charge on any atom is 0.416 e. The number of hydrogen-bond acceptors (Lipinski definition) is 2. The zero-order valence-corrected chi connectivity index (χ0v) is 15.9. The number of rotatable bonds is 5. The Labute approximate surface area is 161 Å². The fourth-order valence-electron chi connectivity index (χ4n) is 2.67. The molecule has 3 aromatic rings. The molecular formula is C19H16BrF3N2O2. The van der Waals surface area contributed by atoms with Crippen LogP contribution in [0, 0.1) is 0 Å². The maximum atomic E-state index is 12.6. The molecule has 1 amide bonds. The summed E-state index contributed by atoms with van der Waals surface area (Å²) in [7, 11) is 0. The van der Waals surface area contributed by atoms with Crippen molar-refractivity contribution in [2.75, 3.05) is 11.9 Å². The number of benzene rings is 2. The molecule has 142 valence electrons. The van der Waals surface area contributed by atoms with E-state index in [9.17, 15) is 18.0 Å². The molecule has 0 saturated heterocycles. The molecule has 0 spiro atoms. The number of hydrogen-bond donors (Lipinski definition) is 2. The average Bonchev–Trinajstić information content (AvgIpc) is 2.89. The molecule has 2 N–H and O–H groups in total. The van der Waals surface area contributed by atoms with Gasteiger partial charge in [0, 0.05) is 24.2 Å². The van der Waals surface area contributed by atoms with Crippen LogP contribution >= 0.6 is 15.9 Å². The highest BCUT2D eigenvalue weighted by molar-refractivity contribution is 9.10. The Hall–Kier alpha value is -2.48. The van der Waals surface area contributed by atoms with Crippen molar-refractivity contribution in [2.45, 2.75) is 19.5 Å². The van der Waals surface area contributed by atoms with Crippen LogP contribution in [-0.4, -0.2) is 17.5 Å². The lowest BCUT2D eigenvalue weighted by molar-refractivity contribution is -0.137. The number of aromatic amines is 1. The lowest BCUT2D eigenvalue weighted by atomic mass is 10.1. The smallest absolute Gasteiger partial charge is 0.416 e. The molecule has 0 bridgehead atoms. The van der Waals surface area contributed by atoms with Gasteiger partial charge in [-0.1, -0.05) is 12.1 Å². The number of carbonyl (C=O) groups excluding carboxylic acids is 1. The van der Waals surface area contributed by atoms with Crippen LogP contribution in [0.1, 0.15) is 18.1 Å². The van der Waals surface area contributed by atoms with Gasteiger partial charge in [-0.15, -0.1) is 0 Å². The van der Waals surface area contributed by atoms with Crippen molar-refractivity contribution in [3.8, 4) is 5.75 Å². The SMILES string of the molecule is CC(=O)Nc1c(Br)[nH]c2ccc(OCCc3ccc(C(F)(F)F)cc3)cc12. The average molecular weight is 441 g/mol. The van der Waals surface area contributed by atoms with Crippen molar-refractivity contribution in [3.05, 3.63) is 58.2 Å². The van der Waals surface area contributed by atoms with Gasteiger partial charge in [0.15, 0.2) is 0 Å². The largest absolute Gasteiger partial charge is 0.493 e. The van der Waals surface area contributed by atoms with Gasteiger partial charge in [-0.2, -0.15) is 13.2 Å². The molecule has 2 aromatic carbocycles. The number of amides is 1. The highest BCUT2D eigenvalue weighted by Crippen LogP contribution is 2.34. The normalized spacial score (nSPS) is 11.6. The number of nitrogens with one attached hydrogen (secondary N) is 2. The van der Waals surface area contributed by atoms with E-state index in [1.54, 1.807) is 12.1 Å². The first-order valence-electron chi connectivity index (χ1n) is 8.12. The molecule has 8 heteroatoms. The molecule has 0 atom stereocenters. The number of alkyl halides is 3. The molecule has 0 radical (unpaired) electrons. The Kier molecular flexibility index (Phi) is 5.46. The predicted molar refractivity (Wildman–Crippen MR) is 101 cm³/mol. The van der Waals surface area contributed by atoms with E-state index in [0.717, 1.165) is 28.6 Å². The van der Waals surface area contributed by atoms with Crippen LogP contribution in [0.25, 0.3) is 10.9 Å². The summed E-state index contributed by atoms with van der Waals surface area (Å²) in [5.41, 5.74) is 1.56. The van der Waals surface area contributed by atoms with Crippen LogP contribution in [0.15, 0.2) is 47.1 Å². The fraction of sp³-hybridized carbons (Fsp3) is 0.211. The van der Waals surface area contributed by atoms with Gasteiger partial charge in [-0.25, -0.2) is 0 Å². The van der Waals surface area contributed by atoms with Gasteiger partial charge in [0.05, 0.1) is 17.9 Å². The summed E-state index contributed by atoms with van der Waals surface area (Å²) >= 11 is 3.37. The quantitative estimate of drug-likeness (QED) is 0.547. The van der Waals surface area contributed by atoms with Crippen molar-refractivity contribution >= 4 is 38.4 Å². The van der Waals surface area contributed by atoms with E-state index in [2.05, 4.69) is 26.2 Å². The highest BCUT2D eigenvalue weighted by atomic mass is 79.9. The number of H-pyrrole nitrogens is 1. The molecule has 0 aliphatic heterocycles. The van der Waals surface area contributed by atoms with E-state index in [1.165, 1.54) is 19.1 Å². The Morgan fingerprint density at radius 1 is 1.19 bits per heavy atom. The van der Waals surface area contributed by atoms with Crippen LogP contribution in [0.3, 0.4) is 0 Å². The summed E-state index contributed by atoms with van der Waals surface area (Å²) in [5.74, 6) is 0.415. The lowest BCUT2D eigenvalue weighted by Crippen LogP contribution is -2.06. The lowest BCUT2D eigenvalue weighted by Gasteiger charge is -2.09. The minimum atomic E-state index is -4.33. The van der Waals surface area contributed by atoms with E-state index < -0.39 is 11.7 Å². The van der Waals surface area contributed by atoms with E-state index in [4.69, 9.17) is 4.74 Å². The second-order valence-corrected chi connectivity index (χ2v) is 6.79.